The number of ether oxygens (including phenoxy) is 1. The van der Waals surface area contributed by atoms with E-state index >= 15 is 0 Å². The number of hydrogen-bond donors (Lipinski definition) is 0. The van der Waals surface area contributed by atoms with Gasteiger partial charge in [0.15, 0.2) is 11.6 Å². The summed E-state index contributed by atoms with van der Waals surface area (Å²) in [5, 5.41) is 9.07. The Morgan fingerprint density at radius 3 is 2.54 bits per heavy atom. The predicted molar refractivity (Wildman–Crippen MR) is 101 cm³/mol. The minimum atomic E-state index is -0.425. The van der Waals surface area contributed by atoms with E-state index in [0.717, 1.165) is 48.6 Å². The van der Waals surface area contributed by atoms with Gasteiger partial charge < -0.3 is 9.64 Å². The lowest BCUT2D eigenvalue weighted by Crippen LogP contribution is -2.51. The van der Waals surface area contributed by atoms with E-state index in [1.807, 2.05) is 39.0 Å². The normalized spacial score (nSPS) is 18.6. The second kappa shape index (κ2) is 6.23. The Labute approximate surface area is 158 Å². The summed E-state index contributed by atoms with van der Waals surface area (Å²) in [4.78, 5) is 15.1. The number of rotatable bonds is 1. The fraction of sp³-hybridized carbons (Fsp3) is 0.450. The first kappa shape index (κ1) is 17.3. The van der Waals surface area contributed by atoms with Crippen LogP contribution in [0.4, 0.5) is 5.82 Å². The summed E-state index contributed by atoms with van der Waals surface area (Å²) in [5.74, 6) is 1.70. The van der Waals surface area contributed by atoms with Crippen molar-refractivity contribution in [2.75, 3.05) is 18.0 Å². The molecule has 0 atom stereocenters. The van der Waals surface area contributed by atoms with E-state index in [0.29, 0.717) is 22.8 Å². The standard InChI is InChI=1S/C20H22ClN3O2/c1-12-10-16-18(14(3)19(12)21)15(25)11-20(26-16)6-8-24(9-7-20)17-5-4-13(2)22-23-17/h4-5,10H,6-9,11H2,1-3H3. The number of fused-ring (bicyclic) bond motifs is 1. The number of aromatic nitrogens is 2. The molecule has 2 aliphatic rings. The molecule has 3 heterocycles. The number of piperidine rings is 1. The van der Waals surface area contributed by atoms with Crippen LogP contribution in [-0.4, -0.2) is 34.7 Å². The molecule has 0 saturated carbocycles. The molecule has 136 valence electrons. The van der Waals surface area contributed by atoms with Crippen LogP contribution < -0.4 is 9.64 Å². The largest absolute Gasteiger partial charge is 0.486 e. The van der Waals surface area contributed by atoms with Gasteiger partial charge in [0, 0.05) is 31.0 Å². The van der Waals surface area contributed by atoms with E-state index in [4.69, 9.17) is 16.3 Å². The maximum atomic E-state index is 12.9. The number of benzene rings is 1. The third-order valence-corrected chi connectivity index (χ3v) is 6.10. The van der Waals surface area contributed by atoms with Crippen LogP contribution in [0.15, 0.2) is 18.2 Å². The molecule has 5 nitrogen and oxygen atoms in total. The van der Waals surface area contributed by atoms with Crippen LogP contribution in [0.25, 0.3) is 0 Å². The van der Waals surface area contributed by atoms with Crippen LogP contribution in [0.1, 0.15) is 46.4 Å². The number of nitrogens with zero attached hydrogens (tertiary/aromatic N) is 3. The Hall–Kier alpha value is -2.14. The molecular formula is C20H22ClN3O2. The summed E-state index contributed by atoms with van der Waals surface area (Å²) in [6.45, 7) is 7.37. The molecule has 1 aromatic carbocycles. The zero-order valence-electron chi connectivity index (χ0n) is 15.3. The lowest BCUT2D eigenvalue weighted by Gasteiger charge is -2.44. The molecular weight excluding hydrogens is 350 g/mol. The van der Waals surface area contributed by atoms with Crippen molar-refractivity contribution in [3.63, 3.8) is 0 Å². The highest BCUT2D eigenvalue weighted by Gasteiger charge is 2.44. The summed E-state index contributed by atoms with van der Waals surface area (Å²) in [5.41, 5.74) is 2.90. The lowest BCUT2D eigenvalue weighted by atomic mass is 9.81. The van der Waals surface area contributed by atoms with Gasteiger partial charge in [-0.15, -0.1) is 5.10 Å². The second-order valence-electron chi connectivity index (χ2n) is 7.41. The minimum absolute atomic E-state index is 0.134. The van der Waals surface area contributed by atoms with Gasteiger partial charge in [-0.1, -0.05) is 11.6 Å². The van der Waals surface area contributed by atoms with Gasteiger partial charge in [0.2, 0.25) is 0 Å². The summed E-state index contributed by atoms with van der Waals surface area (Å²) < 4.78 is 6.41. The molecule has 0 unspecified atom stereocenters. The number of carbonyl (C=O) groups excluding carboxylic acids is 1. The molecule has 0 bridgehead atoms. The molecule has 1 fully saturated rings. The van der Waals surface area contributed by atoms with Gasteiger partial charge in [0.1, 0.15) is 11.4 Å². The number of halogens is 1. The van der Waals surface area contributed by atoms with Crippen LogP contribution in [-0.2, 0) is 0 Å². The summed E-state index contributed by atoms with van der Waals surface area (Å²) in [6, 6.07) is 5.87. The molecule has 1 spiro atoms. The van der Waals surface area contributed by atoms with E-state index < -0.39 is 5.60 Å². The summed E-state index contributed by atoms with van der Waals surface area (Å²) in [7, 11) is 0. The average molecular weight is 372 g/mol. The third kappa shape index (κ3) is 2.84. The number of anilines is 1. The van der Waals surface area contributed by atoms with E-state index in [2.05, 4.69) is 15.1 Å². The van der Waals surface area contributed by atoms with Crippen molar-refractivity contribution in [3.05, 3.63) is 45.6 Å². The van der Waals surface area contributed by atoms with Gasteiger partial charge in [-0.05, 0) is 50.1 Å². The molecule has 0 aliphatic carbocycles. The molecule has 0 amide bonds. The van der Waals surface area contributed by atoms with Crippen molar-refractivity contribution < 1.29 is 9.53 Å². The Morgan fingerprint density at radius 1 is 1.15 bits per heavy atom. The molecule has 6 heteroatoms. The summed E-state index contributed by atoms with van der Waals surface area (Å²) in [6.07, 6.45) is 1.98. The summed E-state index contributed by atoms with van der Waals surface area (Å²) >= 11 is 6.33. The first-order valence-corrected chi connectivity index (χ1v) is 9.33. The Kier molecular flexibility index (Phi) is 4.14. The van der Waals surface area contributed by atoms with Crippen molar-refractivity contribution in [3.8, 4) is 5.75 Å². The van der Waals surface area contributed by atoms with E-state index in [1.165, 1.54) is 0 Å². The van der Waals surface area contributed by atoms with Crippen molar-refractivity contribution in [1.29, 1.82) is 0 Å². The van der Waals surface area contributed by atoms with Crippen molar-refractivity contribution in [1.82, 2.24) is 10.2 Å². The number of ketones is 1. The van der Waals surface area contributed by atoms with Crippen LogP contribution in [0, 0.1) is 20.8 Å². The highest BCUT2D eigenvalue weighted by Crippen LogP contribution is 2.43. The van der Waals surface area contributed by atoms with Gasteiger partial charge in [0.25, 0.3) is 0 Å². The number of aryl methyl sites for hydroxylation is 2. The molecule has 2 aliphatic heterocycles. The lowest BCUT2D eigenvalue weighted by molar-refractivity contribution is 0.0229. The Balaban J connectivity index is 1.57. The van der Waals surface area contributed by atoms with Crippen LogP contribution in [0.5, 0.6) is 5.75 Å². The minimum Gasteiger partial charge on any atom is -0.486 e. The third-order valence-electron chi connectivity index (χ3n) is 5.51. The molecule has 4 rings (SSSR count). The average Bonchev–Trinajstić information content (AvgIpc) is 2.61. The molecule has 0 N–H and O–H groups in total. The molecule has 1 aromatic heterocycles. The quantitative estimate of drug-likeness (QED) is 0.756. The number of carbonyl (C=O) groups is 1. The van der Waals surface area contributed by atoms with Gasteiger partial charge in [-0.2, -0.15) is 5.10 Å². The van der Waals surface area contributed by atoms with Crippen LogP contribution in [0.2, 0.25) is 5.02 Å². The van der Waals surface area contributed by atoms with Crippen molar-refractivity contribution in [2.45, 2.75) is 45.6 Å². The Morgan fingerprint density at radius 2 is 1.88 bits per heavy atom. The smallest absolute Gasteiger partial charge is 0.170 e. The first-order chi connectivity index (χ1) is 12.4. The monoisotopic (exact) mass is 371 g/mol. The van der Waals surface area contributed by atoms with Crippen molar-refractivity contribution in [2.24, 2.45) is 0 Å². The van der Waals surface area contributed by atoms with Crippen LogP contribution >= 0.6 is 11.6 Å². The van der Waals surface area contributed by atoms with Gasteiger partial charge in [-0.3, -0.25) is 4.79 Å². The molecule has 26 heavy (non-hydrogen) atoms. The first-order valence-electron chi connectivity index (χ1n) is 8.96. The Bertz CT molecular complexity index is 872. The zero-order valence-corrected chi connectivity index (χ0v) is 16.1. The predicted octanol–water partition coefficient (Wildman–Crippen LogP) is 4.06. The van der Waals surface area contributed by atoms with E-state index in [1.54, 1.807) is 0 Å². The molecule has 1 saturated heterocycles. The zero-order chi connectivity index (χ0) is 18.5. The molecule has 2 aromatic rings. The van der Waals surface area contributed by atoms with E-state index in [9.17, 15) is 4.79 Å². The number of Topliss-reactive ketones (excluding diaryl/α,β-unsaturated/α-hetero) is 1. The fourth-order valence-electron chi connectivity index (χ4n) is 3.98. The SMILES string of the molecule is Cc1ccc(N2CCC3(CC2)CC(=O)c2c(cc(C)c(Cl)c2C)O3)nn1. The number of hydrogen-bond acceptors (Lipinski definition) is 5. The fourth-order valence-corrected chi connectivity index (χ4v) is 4.13. The maximum Gasteiger partial charge on any atom is 0.170 e. The van der Waals surface area contributed by atoms with Gasteiger partial charge in [0.05, 0.1) is 17.7 Å². The van der Waals surface area contributed by atoms with Crippen LogP contribution in [0.3, 0.4) is 0 Å². The second-order valence-corrected chi connectivity index (χ2v) is 7.79. The topological polar surface area (TPSA) is 55.3 Å². The molecule has 0 radical (unpaired) electrons. The highest BCUT2D eigenvalue weighted by molar-refractivity contribution is 6.32. The maximum absolute atomic E-state index is 12.9. The van der Waals surface area contributed by atoms with E-state index in [-0.39, 0.29) is 5.78 Å². The highest BCUT2D eigenvalue weighted by atomic mass is 35.5. The van der Waals surface area contributed by atoms with Gasteiger partial charge >= 0.3 is 0 Å². The van der Waals surface area contributed by atoms with Gasteiger partial charge in [-0.25, -0.2) is 0 Å². The van der Waals surface area contributed by atoms with Crippen molar-refractivity contribution >= 4 is 23.2 Å².